The highest BCUT2D eigenvalue weighted by Gasteiger charge is 2.38. The molecule has 18 heavy (non-hydrogen) atoms. The minimum atomic E-state index is 0.173. The molecule has 0 saturated carbocycles. The molecule has 2 fully saturated rings. The summed E-state index contributed by atoms with van der Waals surface area (Å²) in [6, 6.07) is 0. The van der Waals surface area contributed by atoms with Crippen LogP contribution in [0.3, 0.4) is 0 Å². The van der Waals surface area contributed by atoms with Crippen molar-refractivity contribution in [2.24, 2.45) is 11.3 Å². The van der Waals surface area contributed by atoms with E-state index in [0.29, 0.717) is 11.3 Å². The summed E-state index contributed by atoms with van der Waals surface area (Å²) in [5, 5.41) is 3.52. The van der Waals surface area contributed by atoms with Gasteiger partial charge in [-0.2, -0.15) is 11.8 Å². The van der Waals surface area contributed by atoms with Crippen molar-refractivity contribution in [1.82, 2.24) is 10.2 Å². The van der Waals surface area contributed by atoms with Crippen molar-refractivity contribution < 1.29 is 4.79 Å². The van der Waals surface area contributed by atoms with Crippen molar-refractivity contribution >= 4 is 17.7 Å². The van der Waals surface area contributed by atoms with Gasteiger partial charge in [-0.3, -0.25) is 4.79 Å². The number of hydrogen-bond acceptors (Lipinski definition) is 3. The van der Waals surface area contributed by atoms with Crippen molar-refractivity contribution in [3.05, 3.63) is 0 Å². The van der Waals surface area contributed by atoms with Gasteiger partial charge in [0.15, 0.2) is 0 Å². The SMILES string of the molecule is CSCC(C)C(=O)N1CCCC2(CCCNC2)C1. The zero-order valence-corrected chi connectivity index (χ0v) is 12.5. The maximum atomic E-state index is 12.4. The van der Waals surface area contributed by atoms with Crippen molar-refractivity contribution in [1.29, 1.82) is 0 Å². The minimum absolute atomic E-state index is 0.173. The lowest BCUT2D eigenvalue weighted by atomic mass is 9.74. The molecule has 1 N–H and O–H groups in total. The highest BCUT2D eigenvalue weighted by Crippen LogP contribution is 2.36. The third kappa shape index (κ3) is 3.21. The zero-order valence-electron chi connectivity index (χ0n) is 11.7. The Labute approximate surface area is 115 Å². The molecule has 2 saturated heterocycles. The molecule has 1 amide bonds. The molecule has 0 aromatic carbocycles. The summed E-state index contributed by atoms with van der Waals surface area (Å²) in [7, 11) is 0. The molecule has 2 atom stereocenters. The summed E-state index contributed by atoms with van der Waals surface area (Å²) in [6.45, 7) is 6.28. The average molecular weight is 270 g/mol. The Balaban J connectivity index is 1.95. The molecule has 0 aromatic heterocycles. The van der Waals surface area contributed by atoms with Gasteiger partial charge < -0.3 is 10.2 Å². The number of amides is 1. The third-order valence-corrected chi connectivity index (χ3v) is 5.21. The molecule has 0 aromatic rings. The standard InChI is InChI=1S/C14H26N2OS/c1-12(9-18-2)13(17)16-8-4-6-14(11-16)5-3-7-15-10-14/h12,15H,3-11H2,1-2H3. The van der Waals surface area contributed by atoms with E-state index in [1.807, 2.05) is 0 Å². The van der Waals surface area contributed by atoms with Crippen LogP contribution in [-0.4, -0.2) is 49.0 Å². The number of carbonyl (C=O) groups excluding carboxylic acids is 1. The maximum Gasteiger partial charge on any atom is 0.226 e. The molecule has 4 heteroatoms. The van der Waals surface area contributed by atoms with E-state index in [2.05, 4.69) is 23.4 Å². The fraction of sp³-hybridized carbons (Fsp3) is 0.929. The lowest BCUT2D eigenvalue weighted by Crippen LogP contribution is -2.53. The Morgan fingerprint density at radius 1 is 1.44 bits per heavy atom. The topological polar surface area (TPSA) is 32.3 Å². The summed E-state index contributed by atoms with van der Waals surface area (Å²) in [5.41, 5.74) is 0.380. The first-order valence-electron chi connectivity index (χ1n) is 7.15. The molecular formula is C14H26N2OS. The fourth-order valence-electron chi connectivity index (χ4n) is 3.41. The molecular weight excluding hydrogens is 244 g/mol. The predicted molar refractivity (Wildman–Crippen MR) is 77.9 cm³/mol. The van der Waals surface area contributed by atoms with E-state index >= 15 is 0 Å². The van der Waals surface area contributed by atoms with Crippen LogP contribution in [-0.2, 0) is 4.79 Å². The van der Waals surface area contributed by atoms with E-state index in [9.17, 15) is 4.79 Å². The third-order valence-electron chi connectivity index (χ3n) is 4.37. The molecule has 2 heterocycles. The second-order valence-electron chi connectivity index (χ2n) is 6.00. The minimum Gasteiger partial charge on any atom is -0.342 e. The molecule has 2 aliphatic heterocycles. The highest BCUT2D eigenvalue weighted by molar-refractivity contribution is 7.98. The number of nitrogens with zero attached hydrogens (tertiary/aromatic N) is 1. The average Bonchev–Trinajstić information content (AvgIpc) is 2.39. The van der Waals surface area contributed by atoms with Crippen LogP contribution in [0.2, 0.25) is 0 Å². The predicted octanol–water partition coefficient (Wildman–Crippen LogP) is 1.98. The van der Waals surface area contributed by atoms with Crippen LogP contribution in [0, 0.1) is 11.3 Å². The van der Waals surface area contributed by atoms with E-state index in [-0.39, 0.29) is 5.92 Å². The quantitative estimate of drug-likeness (QED) is 0.851. The summed E-state index contributed by atoms with van der Waals surface area (Å²) in [5.74, 6) is 1.49. The molecule has 2 unspecified atom stereocenters. The van der Waals surface area contributed by atoms with Crippen LogP contribution in [0.15, 0.2) is 0 Å². The summed E-state index contributed by atoms with van der Waals surface area (Å²) < 4.78 is 0. The molecule has 104 valence electrons. The van der Waals surface area contributed by atoms with Crippen molar-refractivity contribution in [2.75, 3.05) is 38.2 Å². The van der Waals surface area contributed by atoms with Crippen LogP contribution in [0.25, 0.3) is 0 Å². The number of piperidine rings is 2. The van der Waals surface area contributed by atoms with Crippen molar-refractivity contribution in [3.8, 4) is 0 Å². The Morgan fingerprint density at radius 2 is 2.22 bits per heavy atom. The maximum absolute atomic E-state index is 12.4. The van der Waals surface area contributed by atoms with Gasteiger partial charge in [-0.25, -0.2) is 0 Å². The molecule has 2 aliphatic rings. The second-order valence-corrected chi connectivity index (χ2v) is 6.91. The van der Waals surface area contributed by atoms with Gasteiger partial charge in [-0.1, -0.05) is 6.92 Å². The Morgan fingerprint density at radius 3 is 2.89 bits per heavy atom. The number of rotatable bonds is 3. The van der Waals surface area contributed by atoms with Gasteiger partial charge in [0.1, 0.15) is 0 Å². The second kappa shape index (κ2) is 6.29. The van der Waals surface area contributed by atoms with Crippen molar-refractivity contribution in [3.63, 3.8) is 0 Å². The molecule has 0 aliphatic carbocycles. The molecule has 3 nitrogen and oxygen atoms in total. The monoisotopic (exact) mass is 270 g/mol. The van der Waals surface area contributed by atoms with Crippen LogP contribution in [0.5, 0.6) is 0 Å². The lowest BCUT2D eigenvalue weighted by Gasteiger charge is -2.46. The van der Waals surface area contributed by atoms with Gasteiger partial charge in [0.2, 0.25) is 5.91 Å². The van der Waals surface area contributed by atoms with E-state index in [1.165, 1.54) is 25.7 Å². The summed E-state index contributed by atoms with van der Waals surface area (Å²) in [6.07, 6.45) is 7.11. The largest absolute Gasteiger partial charge is 0.342 e. The molecule has 0 bridgehead atoms. The first-order chi connectivity index (χ1) is 8.67. The van der Waals surface area contributed by atoms with Gasteiger partial charge in [0.25, 0.3) is 0 Å². The first kappa shape index (κ1) is 14.2. The van der Waals surface area contributed by atoms with Gasteiger partial charge in [0.05, 0.1) is 0 Å². The lowest BCUT2D eigenvalue weighted by molar-refractivity contribution is -0.138. The molecule has 1 spiro atoms. The first-order valence-corrected chi connectivity index (χ1v) is 8.55. The van der Waals surface area contributed by atoms with Crippen LogP contribution >= 0.6 is 11.8 Å². The van der Waals surface area contributed by atoms with Crippen molar-refractivity contribution in [2.45, 2.75) is 32.6 Å². The fourth-order valence-corrected chi connectivity index (χ4v) is 4.05. The number of carbonyl (C=O) groups is 1. The van der Waals surface area contributed by atoms with E-state index in [1.54, 1.807) is 11.8 Å². The molecule has 2 rings (SSSR count). The van der Waals surface area contributed by atoms with Gasteiger partial charge in [-0.05, 0) is 38.5 Å². The summed E-state index contributed by atoms with van der Waals surface area (Å²) >= 11 is 1.77. The Hall–Kier alpha value is -0.220. The van der Waals surface area contributed by atoms with Gasteiger partial charge >= 0.3 is 0 Å². The van der Waals surface area contributed by atoms with E-state index < -0.39 is 0 Å². The number of likely N-dealkylation sites (tertiary alicyclic amines) is 1. The number of nitrogens with one attached hydrogen (secondary N) is 1. The van der Waals surface area contributed by atoms with Gasteiger partial charge in [0, 0.05) is 36.7 Å². The zero-order chi connectivity index (χ0) is 13.0. The van der Waals surface area contributed by atoms with Gasteiger partial charge in [-0.15, -0.1) is 0 Å². The molecule has 0 radical (unpaired) electrons. The summed E-state index contributed by atoms with van der Waals surface area (Å²) in [4.78, 5) is 14.5. The number of hydrogen-bond donors (Lipinski definition) is 1. The Kier molecular flexibility index (Phi) is 4.96. The Bertz CT molecular complexity index is 284. The van der Waals surface area contributed by atoms with E-state index in [0.717, 1.165) is 31.9 Å². The smallest absolute Gasteiger partial charge is 0.226 e. The van der Waals surface area contributed by atoms with Crippen LogP contribution < -0.4 is 5.32 Å². The normalized spacial score (nSPS) is 30.4. The highest BCUT2D eigenvalue weighted by atomic mass is 32.2. The number of thioether (sulfide) groups is 1. The van der Waals surface area contributed by atoms with Crippen LogP contribution in [0.4, 0.5) is 0 Å². The van der Waals surface area contributed by atoms with Crippen LogP contribution in [0.1, 0.15) is 32.6 Å². The van der Waals surface area contributed by atoms with E-state index in [4.69, 9.17) is 0 Å².